The summed E-state index contributed by atoms with van der Waals surface area (Å²) in [4.78, 5) is 26.0. The molecule has 1 aliphatic carbocycles. The van der Waals surface area contributed by atoms with Crippen molar-refractivity contribution in [2.75, 3.05) is 13.1 Å². The molecule has 0 radical (unpaired) electrons. The number of nitrogens with zero attached hydrogens (tertiary/aromatic N) is 1. The van der Waals surface area contributed by atoms with Crippen LogP contribution >= 0.6 is 0 Å². The maximum absolute atomic E-state index is 12.1. The minimum absolute atomic E-state index is 0.0438. The van der Waals surface area contributed by atoms with Gasteiger partial charge in [0.1, 0.15) is 0 Å². The zero-order valence-corrected chi connectivity index (χ0v) is 11.8. The van der Waals surface area contributed by atoms with E-state index in [0.717, 1.165) is 18.4 Å². The van der Waals surface area contributed by atoms with Crippen LogP contribution in [-0.4, -0.2) is 35.8 Å². The van der Waals surface area contributed by atoms with Crippen LogP contribution in [0.2, 0.25) is 0 Å². The Morgan fingerprint density at radius 1 is 1.37 bits per heavy atom. The molecule has 0 aromatic carbocycles. The fourth-order valence-electron chi connectivity index (χ4n) is 3.04. The third-order valence-corrected chi connectivity index (χ3v) is 4.14. The predicted octanol–water partition coefficient (Wildman–Crippen LogP) is 1.86. The number of likely N-dealkylation sites (tertiary alicyclic amines) is 1. The Labute approximate surface area is 115 Å². The Morgan fingerprint density at radius 3 is 2.68 bits per heavy atom. The summed E-state index contributed by atoms with van der Waals surface area (Å²) in [6.07, 6.45) is 5.82. The minimum Gasteiger partial charge on any atom is -0.352 e. The number of rotatable bonds is 4. The number of carbonyl (C=O) groups is 2. The lowest BCUT2D eigenvalue weighted by atomic mass is 9.95. The Balaban J connectivity index is 1.90. The molecule has 2 fully saturated rings. The minimum atomic E-state index is -0.0438. The quantitative estimate of drug-likeness (QED) is 0.788. The van der Waals surface area contributed by atoms with Gasteiger partial charge in [-0.1, -0.05) is 25.0 Å². The van der Waals surface area contributed by atoms with Gasteiger partial charge in [0, 0.05) is 25.6 Å². The van der Waals surface area contributed by atoms with E-state index in [0.29, 0.717) is 32.0 Å². The van der Waals surface area contributed by atoms with Crippen molar-refractivity contribution in [2.24, 2.45) is 5.92 Å². The zero-order chi connectivity index (χ0) is 13.8. The summed E-state index contributed by atoms with van der Waals surface area (Å²) in [5, 5.41) is 2.90. The fourth-order valence-corrected chi connectivity index (χ4v) is 3.04. The lowest BCUT2D eigenvalue weighted by Crippen LogP contribution is -2.49. The molecule has 2 aliphatic rings. The van der Waals surface area contributed by atoms with Gasteiger partial charge in [0.05, 0.1) is 5.92 Å². The van der Waals surface area contributed by atoms with Crippen molar-refractivity contribution in [3.05, 3.63) is 12.2 Å². The van der Waals surface area contributed by atoms with Crippen LogP contribution in [0.15, 0.2) is 12.2 Å². The summed E-state index contributed by atoms with van der Waals surface area (Å²) in [5.74, 6) is 0.256. The molecule has 1 atom stereocenters. The molecule has 0 aromatic heterocycles. The van der Waals surface area contributed by atoms with Crippen molar-refractivity contribution in [3.63, 3.8) is 0 Å². The van der Waals surface area contributed by atoms with Crippen LogP contribution in [0.25, 0.3) is 0 Å². The molecule has 19 heavy (non-hydrogen) atoms. The van der Waals surface area contributed by atoms with Gasteiger partial charge in [-0.05, 0) is 26.2 Å². The molecule has 2 amide bonds. The second kappa shape index (κ2) is 6.22. The van der Waals surface area contributed by atoms with E-state index in [1.807, 2.05) is 11.8 Å². The number of amides is 2. The van der Waals surface area contributed by atoms with Crippen LogP contribution in [0.1, 0.15) is 45.4 Å². The lowest BCUT2D eigenvalue weighted by molar-refractivity contribution is -0.140. The van der Waals surface area contributed by atoms with Crippen LogP contribution in [0.5, 0.6) is 0 Å². The molecule has 106 valence electrons. The number of hydrogen-bond acceptors (Lipinski definition) is 2. The number of carbonyl (C=O) groups excluding carboxylic acids is 2. The van der Waals surface area contributed by atoms with E-state index in [4.69, 9.17) is 0 Å². The summed E-state index contributed by atoms with van der Waals surface area (Å²) in [6.45, 7) is 6.82. The number of hydrogen-bond donors (Lipinski definition) is 1. The van der Waals surface area contributed by atoms with Crippen molar-refractivity contribution in [1.82, 2.24) is 10.2 Å². The van der Waals surface area contributed by atoms with E-state index in [2.05, 4.69) is 11.9 Å². The molecule has 4 nitrogen and oxygen atoms in total. The van der Waals surface area contributed by atoms with Gasteiger partial charge < -0.3 is 10.2 Å². The lowest BCUT2D eigenvalue weighted by Gasteiger charge is -2.36. The maximum Gasteiger partial charge on any atom is 0.225 e. The summed E-state index contributed by atoms with van der Waals surface area (Å²) in [7, 11) is 0. The second-order valence-corrected chi connectivity index (χ2v) is 5.89. The third-order valence-electron chi connectivity index (χ3n) is 4.14. The van der Waals surface area contributed by atoms with Gasteiger partial charge in [-0.25, -0.2) is 0 Å². The average molecular weight is 264 g/mol. The predicted molar refractivity (Wildman–Crippen MR) is 74.5 cm³/mol. The average Bonchev–Trinajstić information content (AvgIpc) is 2.90. The molecule has 0 aromatic rings. The highest BCUT2D eigenvalue weighted by Crippen LogP contribution is 2.28. The van der Waals surface area contributed by atoms with Gasteiger partial charge >= 0.3 is 0 Å². The second-order valence-electron chi connectivity index (χ2n) is 5.89. The number of piperidine rings is 1. The highest BCUT2D eigenvalue weighted by molar-refractivity contribution is 5.84. The normalized spacial score (nSPS) is 24.6. The molecule has 4 heteroatoms. The van der Waals surface area contributed by atoms with E-state index in [1.54, 1.807) is 0 Å². The van der Waals surface area contributed by atoms with Crippen LogP contribution in [0.3, 0.4) is 0 Å². The van der Waals surface area contributed by atoms with Crippen molar-refractivity contribution < 1.29 is 9.59 Å². The molecule has 1 N–H and O–H groups in total. The fraction of sp³-hybridized carbons (Fsp3) is 0.733. The molecular formula is C15H24N2O2. The third kappa shape index (κ3) is 3.58. The largest absolute Gasteiger partial charge is 0.352 e. The van der Waals surface area contributed by atoms with Crippen LogP contribution in [0.4, 0.5) is 0 Å². The Morgan fingerprint density at radius 2 is 2.05 bits per heavy atom. The van der Waals surface area contributed by atoms with Gasteiger partial charge in [-0.3, -0.25) is 9.59 Å². The molecular weight excluding hydrogens is 240 g/mol. The van der Waals surface area contributed by atoms with Gasteiger partial charge in [-0.15, -0.1) is 0 Å². The van der Waals surface area contributed by atoms with Crippen molar-refractivity contribution in [1.29, 1.82) is 0 Å². The van der Waals surface area contributed by atoms with Crippen molar-refractivity contribution in [2.45, 2.75) is 51.5 Å². The maximum atomic E-state index is 12.1. The molecule has 1 saturated carbocycles. The summed E-state index contributed by atoms with van der Waals surface area (Å²) in [5.41, 5.74) is 0.952. The van der Waals surface area contributed by atoms with E-state index >= 15 is 0 Å². The monoisotopic (exact) mass is 264 g/mol. The van der Waals surface area contributed by atoms with E-state index in [9.17, 15) is 9.59 Å². The van der Waals surface area contributed by atoms with Crippen molar-refractivity contribution in [3.8, 4) is 0 Å². The molecule has 1 heterocycles. The van der Waals surface area contributed by atoms with Crippen molar-refractivity contribution >= 4 is 11.8 Å². The summed E-state index contributed by atoms with van der Waals surface area (Å²) < 4.78 is 0. The van der Waals surface area contributed by atoms with E-state index in [1.165, 1.54) is 12.8 Å². The highest BCUT2D eigenvalue weighted by Gasteiger charge is 2.34. The molecule has 0 unspecified atom stereocenters. The Hall–Kier alpha value is -1.32. The summed E-state index contributed by atoms with van der Waals surface area (Å²) >= 11 is 0. The first-order chi connectivity index (χ1) is 9.08. The standard InChI is InChI=1S/C15H24N2O2/c1-11(2)9-16-15(19)12-7-8-14(18)17(10-12)13-5-3-4-6-13/h12-13H,1,3-10H2,2H3,(H,16,19)/t12-/m1/s1. The zero-order valence-electron chi connectivity index (χ0n) is 11.8. The van der Waals surface area contributed by atoms with E-state index < -0.39 is 0 Å². The highest BCUT2D eigenvalue weighted by atomic mass is 16.2. The first kappa shape index (κ1) is 14.1. The van der Waals surface area contributed by atoms with Crippen LogP contribution in [-0.2, 0) is 9.59 Å². The van der Waals surface area contributed by atoms with E-state index in [-0.39, 0.29) is 17.7 Å². The molecule has 1 saturated heterocycles. The first-order valence-corrected chi connectivity index (χ1v) is 7.29. The van der Waals surface area contributed by atoms with Crippen LogP contribution < -0.4 is 5.32 Å². The smallest absolute Gasteiger partial charge is 0.225 e. The summed E-state index contributed by atoms with van der Waals surface area (Å²) in [6, 6.07) is 0.379. The van der Waals surface area contributed by atoms with Gasteiger partial charge in [0.15, 0.2) is 0 Å². The molecule has 2 rings (SSSR count). The topological polar surface area (TPSA) is 49.4 Å². The Bertz CT molecular complexity index is 372. The van der Waals surface area contributed by atoms with Gasteiger partial charge in [0.25, 0.3) is 0 Å². The SMILES string of the molecule is C=C(C)CNC(=O)[C@@H]1CCC(=O)N(C2CCCC2)C1. The Kier molecular flexibility index (Phi) is 4.61. The van der Waals surface area contributed by atoms with Gasteiger partial charge in [0.2, 0.25) is 11.8 Å². The molecule has 0 bridgehead atoms. The van der Waals surface area contributed by atoms with Crippen LogP contribution in [0, 0.1) is 5.92 Å². The number of nitrogens with one attached hydrogen (secondary N) is 1. The first-order valence-electron chi connectivity index (χ1n) is 7.29. The molecule has 1 aliphatic heterocycles. The molecule has 0 spiro atoms. The van der Waals surface area contributed by atoms with Gasteiger partial charge in [-0.2, -0.15) is 0 Å².